The van der Waals surface area contributed by atoms with Gasteiger partial charge in [0.05, 0.1) is 14.2 Å². The number of hydrogen-bond acceptors (Lipinski definition) is 2. The second-order valence-corrected chi connectivity index (χ2v) is 8.06. The number of aryl methyl sites for hydroxylation is 3. The average Bonchev–Trinajstić information content (AvgIpc) is 2.69. The molecule has 0 aliphatic heterocycles. The molecule has 29 heavy (non-hydrogen) atoms. The Balaban J connectivity index is 1.70. The number of rotatable bonds is 6. The highest BCUT2D eigenvalue weighted by Gasteiger charge is 2.23. The molecule has 0 aliphatic rings. The first-order valence-electron chi connectivity index (χ1n) is 10.1. The number of benzene rings is 3. The predicted octanol–water partition coefficient (Wildman–Crippen LogP) is 3.82. The Kier molecular flexibility index (Phi) is 6.23. The summed E-state index contributed by atoms with van der Waals surface area (Å²) in [6.45, 7) is 8.92. The van der Waals surface area contributed by atoms with E-state index in [0.29, 0.717) is 0 Å². The predicted molar refractivity (Wildman–Crippen MR) is 120 cm³/mol. The van der Waals surface area contributed by atoms with Crippen LogP contribution in [-0.4, -0.2) is 26.1 Å². The lowest BCUT2D eigenvalue weighted by atomic mass is 10.0. The van der Waals surface area contributed by atoms with Crippen molar-refractivity contribution in [1.82, 2.24) is 0 Å². The number of fused-ring (bicyclic) bond motifs is 1. The van der Waals surface area contributed by atoms with Gasteiger partial charge in [0, 0.05) is 11.3 Å². The molecule has 0 saturated heterocycles. The Bertz CT molecular complexity index is 1020. The minimum Gasteiger partial charge on any atom is -0.497 e. The summed E-state index contributed by atoms with van der Waals surface area (Å²) in [5.41, 5.74) is 5.56. The van der Waals surface area contributed by atoms with Gasteiger partial charge in [0.2, 0.25) is 0 Å². The van der Waals surface area contributed by atoms with E-state index in [2.05, 4.69) is 55.7 Å². The smallest absolute Gasteiger partial charge is 0.282 e. The van der Waals surface area contributed by atoms with Gasteiger partial charge in [-0.2, -0.15) is 0 Å². The average molecular weight is 392 g/mol. The van der Waals surface area contributed by atoms with Crippen LogP contribution in [-0.2, 0) is 11.3 Å². The van der Waals surface area contributed by atoms with E-state index < -0.39 is 0 Å². The number of anilines is 1. The van der Waals surface area contributed by atoms with E-state index in [0.717, 1.165) is 39.4 Å². The monoisotopic (exact) mass is 391 g/mol. The molecule has 0 spiro atoms. The molecule has 0 saturated carbocycles. The summed E-state index contributed by atoms with van der Waals surface area (Å²) in [6.07, 6.45) is 0. The van der Waals surface area contributed by atoms with Crippen molar-refractivity contribution in [3.8, 4) is 5.75 Å². The molecular formula is C25H31N2O2+. The van der Waals surface area contributed by atoms with Crippen LogP contribution in [0.2, 0.25) is 0 Å². The minimum absolute atomic E-state index is 0.0445. The molecule has 0 fully saturated rings. The molecule has 152 valence electrons. The Labute approximate surface area is 173 Å². The van der Waals surface area contributed by atoms with Crippen LogP contribution in [0.15, 0.2) is 48.5 Å². The van der Waals surface area contributed by atoms with Gasteiger partial charge in [-0.05, 0) is 67.8 Å². The molecule has 0 heterocycles. The lowest BCUT2D eigenvalue weighted by Gasteiger charge is -2.22. The largest absolute Gasteiger partial charge is 0.497 e. The lowest BCUT2D eigenvalue weighted by Crippen LogP contribution is -3.12. The van der Waals surface area contributed by atoms with E-state index in [9.17, 15) is 4.79 Å². The summed E-state index contributed by atoms with van der Waals surface area (Å²) in [5.74, 6) is 0.906. The molecule has 4 heteroatoms. The summed E-state index contributed by atoms with van der Waals surface area (Å²) in [6, 6.07) is 16.6. The molecule has 2 N–H and O–H groups in total. The third kappa shape index (κ3) is 4.77. The zero-order chi connectivity index (χ0) is 21.1. The van der Waals surface area contributed by atoms with Crippen LogP contribution in [0, 0.1) is 20.8 Å². The van der Waals surface area contributed by atoms with Crippen LogP contribution in [0.4, 0.5) is 5.69 Å². The number of carbonyl (C=O) groups excluding carboxylic acids is 1. The summed E-state index contributed by atoms with van der Waals surface area (Å²) < 4.78 is 5.30. The summed E-state index contributed by atoms with van der Waals surface area (Å²) in [5, 5.41) is 5.48. The molecule has 0 aliphatic carbocycles. The topological polar surface area (TPSA) is 42.8 Å². The van der Waals surface area contributed by atoms with Gasteiger partial charge in [-0.1, -0.05) is 35.9 Å². The molecule has 0 radical (unpaired) electrons. The minimum atomic E-state index is -0.165. The number of nitrogens with one attached hydrogen (secondary N) is 2. The molecule has 3 aromatic carbocycles. The van der Waals surface area contributed by atoms with Crippen LogP contribution in [0.1, 0.15) is 29.2 Å². The fraction of sp³-hybridized carbons (Fsp3) is 0.320. The van der Waals surface area contributed by atoms with E-state index >= 15 is 0 Å². The summed E-state index contributed by atoms with van der Waals surface area (Å²) in [4.78, 5) is 14.0. The van der Waals surface area contributed by atoms with E-state index in [-0.39, 0.29) is 11.9 Å². The maximum absolute atomic E-state index is 12.9. The maximum Gasteiger partial charge on any atom is 0.282 e. The zero-order valence-corrected chi connectivity index (χ0v) is 18.2. The van der Waals surface area contributed by atoms with Crippen LogP contribution >= 0.6 is 0 Å². The van der Waals surface area contributed by atoms with Gasteiger partial charge < -0.3 is 15.0 Å². The van der Waals surface area contributed by atoms with E-state index in [4.69, 9.17) is 4.74 Å². The van der Waals surface area contributed by atoms with Crippen LogP contribution in [0.5, 0.6) is 5.75 Å². The van der Waals surface area contributed by atoms with Gasteiger partial charge in [-0.15, -0.1) is 0 Å². The van der Waals surface area contributed by atoms with Gasteiger partial charge in [-0.25, -0.2) is 0 Å². The van der Waals surface area contributed by atoms with Crippen molar-refractivity contribution in [2.24, 2.45) is 0 Å². The van der Waals surface area contributed by atoms with Gasteiger partial charge >= 0.3 is 0 Å². The third-order valence-electron chi connectivity index (χ3n) is 5.65. The number of likely N-dealkylation sites (N-methyl/N-ethyl adjacent to an activating group) is 1. The fourth-order valence-electron chi connectivity index (χ4n) is 3.82. The normalized spacial score (nSPS) is 13.2. The zero-order valence-electron chi connectivity index (χ0n) is 18.2. The number of ether oxygens (including phenoxy) is 1. The number of quaternary nitrogens is 1. The van der Waals surface area contributed by atoms with Gasteiger partial charge in [0.15, 0.2) is 6.04 Å². The SMILES string of the molecule is COc1ccc2cc(C[NH+](C)[C@@H](C)C(=O)Nc3c(C)cc(C)cc3C)ccc2c1. The Hall–Kier alpha value is -2.85. The van der Waals surface area contributed by atoms with Crippen molar-refractivity contribution in [2.75, 3.05) is 19.5 Å². The van der Waals surface area contributed by atoms with Gasteiger partial charge in [0.25, 0.3) is 5.91 Å². The van der Waals surface area contributed by atoms with Crippen molar-refractivity contribution in [2.45, 2.75) is 40.3 Å². The molecular weight excluding hydrogens is 360 g/mol. The molecule has 2 atom stereocenters. The van der Waals surface area contributed by atoms with Crippen molar-refractivity contribution in [3.05, 3.63) is 70.8 Å². The van der Waals surface area contributed by atoms with Crippen molar-refractivity contribution >= 4 is 22.4 Å². The van der Waals surface area contributed by atoms with Crippen molar-refractivity contribution in [1.29, 1.82) is 0 Å². The first kappa shape index (κ1) is 20.9. The van der Waals surface area contributed by atoms with Gasteiger partial charge in [-0.3, -0.25) is 4.79 Å². The van der Waals surface area contributed by atoms with E-state index in [1.165, 1.54) is 16.5 Å². The molecule has 4 nitrogen and oxygen atoms in total. The van der Waals surface area contributed by atoms with Crippen LogP contribution < -0.4 is 15.0 Å². The highest BCUT2D eigenvalue weighted by molar-refractivity contribution is 5.95. The highest BCUT2D eigenvalue weighted by atomic mass is 16.5. The highest BCUT2D eigenvalue weighted by Crippen LogP contribution is 2.23. The first-order valence-corrected chi connectivity index (χ1v) is 10.1. The molecule has 3 rings (SSSR count). The molecule has 0 bridgehead atoms. The molecule has 1 unspecified atom stereocenters. The number of amides is 1. The van der Waals surface area contributed by atoms with Crippen LogP contribution in [0.3, 0.4) is 0 Å². The van der Waals surface area contributed by atoms with Crippen LogP contribution in [0.25, 0.3) is 10.8 Å². The second-order valence-electron chi connectivity index (χ2n) is 8.06. The van der Waals surface area contributed by atoms with Gasteiger partial charge in [0.1, 0.15) is 12.3 Å². The Morgan fingerprint density at radius 2 is 1.62 bits per heavy atom. The maximum atomic E-state index is 12.9. The van der Waals surface area contributed by atoms with E-state index in [1.54, 1.807) is 7.11 Å². The Morgan fingerprint density at radius 3 is 2.28 bits per heavy atom. The lowest BCUT2D eigenvalue weighted by molar-refractivity contribution is -0.907. The standard InChI is InChI=1S/C25H30N2O2/c1-16-11-17(2)24(18(3)12-16)26-25(28)19(4)27(5)15-20-7-8-22-14-23(29-6)10-9-21(22)13-20/h7-14,19H,15H2,1-6H3,(H,26,28)/p+1/t19-/m0/s1. The van der Waals surface area contributed by atoms with Crippen molar-refractivity contribution < 1.29 is 14.4 Å². The molecule has 0 aromatic heterocycles. The summed E-state index contributed by atoms with van der Waals surface area (Å²) >= 11 is 0. The number of hydrogen-bond donors (Lipinski definition) is 2. The van der Waals surface area contributed by atoms with E-state index in [1.807, 2.05) is 32.9 Å². The quantitative estimate of drug-likeness (QED) is 0.671. The molecule has 3 aromatic rings. The molecule has 1 amide bonds. The second kappa shape index (κ2) is 8.66. The van der Waals surface area contributed by atoms with Crippen molar-refractivity contribution in [3.63, 3.8) is 0 Å². The fourth-order valence-corrected chi connectivity index (χ4v) is 3.82. The first-order chi connectivity index (χ1) is 13.8. The number of methoxy groups -OCH3 is 1. The number of carbonyl (C=O) groups is 1. The Morgan fingerprint density at radius 1 is 1.00 bits per heavy atom. The third-order valence-corrected chi connectivity index (χ3v) is 5.65. The summed E-state index contributed by atoms with van der Waals surface area (Å²) in [7, 11) is 3.75.